The van der Waals surface area contributed by atoms with E-state index in [1.165, 1.54) is 17.0 Å². The van der Waals surface area contributed by atoms with E-state index in [0.29, 0.717) is 33.9 Å². The molecule has 0 aromatic heterocycles. The number of rotatable bonds is 1. The number of fused-ring (bicyclic) bond motifs is 2. The average Bonchev–Trinajstić information content (AvgIpc) is 2.77. The standard InChI is InChI=1S/C20H19ClFN3O2/c1-19(2)10-20(17(26)25(3)18(23)24-20)15-8-11(4-5-16(15)27-19)12-6-13(21)9-14(22)7-12/h4-9H,10H2,1-3H3,(H2,23,24). The van der Waals surface area contributed by atoms with Crippen molar-refractivity contribution in [3.63, 3.8) is 0 Å². The van der Waals surface area contributed by atoms with Crippen molar-refractivity contribution >= 4 is 23.5 Å². The average molecular weight is 388 g/mol. The van der Waals surface area contributed by atoms with Crippen molar-refractivity contribution in [3.8, 4) is 16.9 Å². The normalized spacial score (nSPS) is 23.2. The molecule has 27 heavy (non-hydrogen) atoms. The van der Waals surface area contributed by atoms with Crippen LogP contribution in [0.3, 0.4) is 0 Å². The summed E-state index contributed by atoms with van der Waals surface area (Å²) in [6.07, 6.45) is 0.351. The number of amides is 1. The molecule has 0 fully saturated rings. The summed E-state index contributed by atoms with van der Waals surface area (Å²) in [6.45, 7) is 3.82. The van der Waals surface area contributed by atoms with Crippen molar-refractivity contribution in [2.75, 3.05) is 7.05 Å². The van der Waals surface area contributed by atoms with Crippen LogP contribution >= 0.6 is 11.6 Å². The number of benzene rings is 2. The van der Waals surface area contributed by atoms with E-state index < -0.39 is 17.0 Å². The van der Waals surface area contributed by atoms with Crippen LogP contribution in [0.5, 0.6) is 5.75 Å². The Balaban J connectivity index is 1.93. The Kier molecular flexibility index (Phi) is 3.75. The lowest BCUT2D eigenvalue weighted by Crippen LogP contribution is -2.49. The van der Waals surface area contributed by atoms with Crippen molar-refractivity contribution in [2.45, 2.75) is 31.4 Å². The monoisotopic (exact) mass is 387 g/mol. The fourth-order valence-corrected chi connectivity index (χ4v) is 4.10. The number of hydrogen-bond acceptors (Lipinski definition) is 4. The summed E-state index contributed by atoms with van der Waals surface area (Å²) in [5.41, 5.74) is 6.16. The van der Waals surface area contributed by atoms with Crippen LogP contribution in [0.25, 0.3) is 11.1 Å². The molecule has 1 unspecified atom stereocenters. The van der Waals surface area contributed by atoms with E-state index in [4.69, 9.17) is 22.1 Å². The lowest BCUT2D eigenvalue weighted by Gasteiger charge is -2.41. The summed E-state index contributed by atoms with van der Waals surface area (Å²) >= 11 is 6.00. The number of guanidine groups is 1. The summed E-state index contributed by atoms with van der Waals surface area (Å²) < 4.78 is 19.9. The first-order valence-electron chi connectivity index (χ1n) is 8.55. The number of likely N-dealkylation sites (N-methyl/N-ethyl adjacent to an activating group) is 1. The van der Waals surface area contributed by atoms with Crippen LogP contribution in [-0.2, 0) is 10.3 Å². The van der Waals surface area contributed by atoms with Gasteiger partial charge in [-0.2, -0.15) is 0 Å². The molecule has 2 heterocycles. The van der Waals surface area contributed by atoms with Crippen LogP contribution < -0.4 is 10.5 Å². The van der Waals surface area contributed by atoms with Crippen LogP contribution in [0.4, 0.5) is 4.39 Å². The fraction of sp³-hybridized carbons (Fsp3) is 0.300. The highest BCUT2D eigenvalue weighted by atomic mass is 35.5. The van der Waals surface area contributed by atoms with E-state index >= 15 is 0 Å². The second kappa shape index (κ2) is 5.70. The molecular formula is C20H19ClFN3O2. The molecule has 7 heteroatoms. The van der Waals surface area contributed by atoms with E-state index in [1.54, 1.807) is 19.2 Å². The maximum atomic E-state index is 13.8. The molecule has 0 radical (unpaired) electrons. The largest absolute Gasteiger partial charge is 0.487 e. The van der Waals surface area contributed by atoms with E-state index in [0.717, 1.165) is 0 Å². The zero-order valence-electron chi connectivity index (χ0n) is 15.2. The molecule has 0 saturated heterocycles. The van der Waals surface area contributed by atoms with Crippen molar-refractivity contribution < 1.29 is 13.9 Å². The smallest absolute Gasteiger partial charge is 0.261 e. The molecule has 2 aromatic rings. The number of hydrogen-bond donors (Lipinski definition) is 1. The van der Waals surface area contributed by atoms with Crippen molar-refractivity contribution in [1.29, 1.82) is 0 Å². The minimum Gasteiger partial charge on any atom is -0.487 e. The van der Waals surface area contributed by atoms with E-state index in [9.17, 15) is 9.18 Å². The number of carbonyl (C=O) groups is 1. The zero-order valence-corrected chi connectivity index (χ0v) is 16.0. The molecule has 1 spiro atoms. The summed E-state index contributed by atoms with van der Waals surface area (Å²) in [7, 11) is 1.61. The second-order valence-electron chi connectivity index (χ2n) is 7.60. The quantitative estimate of drug-likeness (QED) is 0.811. The summed E-state index contributed by atoms with van der Waals surface area (Å²) in [6, 6.07) is 9.72. The highest BCUT2D eigenvalue weighted by Crippen LogP contribution is 2.49. The van der Waals surface area contributed by atoms with E-state index in [1.807, 2.05) is 26.0 Å². The Bertz CT molecular complexity index is 984. The second-order valence-corrected chi connectivity index (χ2v) is 8.04. The van der Waals surface area contributed by atoms with Gasteiger partial charge in [0.2, 0.25) is 0 Å². The summed E-state index contributed by atoms with van der Waals surface area (Å²) in [4.78, 5) is 19.0. The number of aliphatic imine (C=N–C) groups is 1. The summed E-state index contributed by atoms with van der Waals surface area (Å²) in [5.74, 6) is 0.105. The van der Waals surface area contributed by atoms with Crippen LogP contribution in [0, 0.1) is 5.82 Å². The molecule has 0 bridgehead atoms. The van der Waals surface area contributed by atoms with Gasteiger partial charge in [-0.05, 0) is 55.3 Å². The van der Waals surface area contributed by atoms with E-state index in [2.05, 4.69) is 4.99 Å². The molecule has 2 N–H and O–H groups in total. The first-order chi connectivity index (χ1) is 12.6. The minimum absolute atomic E-state index is 0.169. The Labute approximate surface area is 161 Å². The number of nitrogens with zero attached hydrogens (tertiary/aromatic N) is 2. The molecule has 2 aliphatic rings. The lowest BCUT2D eigenvalue weighted by atomic mass is 9.77. The zero-order chi connectivity index (χ0) is 19.6. The first kappa shape index (κ1) is 17.8. The highest BCUT2D eigenvalue weighted by molar-refractivity contribution is 6.30. The molecule has 140 valence electrons. The van der Waals surface area contributed by atoms with Gasteiger partial charge in [0.05, 0.1) is 0 Å². The number of ether oxygens (including phenoxy) is 1. The van der Waals surface area contributed by atoms with Gasteiger partial charge in [0.1, 0.15) is 17.2 Å². The highest BCUT2D eigenvalue weighted by Gasteiger charge is 2.55. The lowest BCUT2D eigenvalue weighted by molar-refractivity contribution is -0.133. The minimum atomic E-state index is -1.15. The fourth-order valence-electron chi connectivity index (χ4n) is 3.88. The van der Waals surface area contributed by atoms with Crippen LogP contribution in [0.15, 0.2) is 41.4 Å². The Morgan fingerprint density at radius 3 is 2.59 bits per heavy atom. The Morgan fingerprint density at radius 1 is 1.22 bits per heavy atom. The maximum Gasteiger partial charge on any atom is 0.261 e. The van der Waals surface area contributed by atoms with Crippen LogP contribution in [-0.4, -0.2) is 29.4 Å². The van der Waals surface area contributed by atoms with Gasteiger partial charge in [0.25, 0.3) is 5.91 Å². The topological polar surface area (TPSA) is 67.9 Å². The molecule has 2 aromatic carbocycles. The maximum absolute atomic E-state index is 13.8. The molecule has 1 atom stereocenters. The van der Waals surface area contributed by atoms with Crippen LogP contribution in [0.2, 0.25) is 5.02 Å². The van der Waals surface area contributed by atoms with Crippen molar-refractivity contribution in [3.05, 3.63) is 52.8 Å². The number of nitrogens with two attached hydrogens (primary N) is 1. The van der Waals surface area contributed by atoms with Gasteiger partial charge in [-0.1, -0.05) is 17.7 Å². The number of carbonyl (C=O) groups excluding carboxylic acids is 1. The van der Waals surface area contributed by atoms with Gasteiger partial charge in [0, 0.05) is 24.1 Å². The third-order valence-corrected chi connectivity index (χ3v) is 5.21. The molecule has 0 saturated carbocycles. The van der Waals surface area contributed by atoms with Gasteiger partial charge >= 0.3 is 0 Å². The SMILES string of the molecule is CN1C(=O)C2(CC(C)(C)Oc3ccc(-c4cc(F)cc(Cl)c4)cc32)N=C1N. The molecule has 1 amide bonds. The molecule has 4 rings (SSSR count). The van der Waals surface area contributed by atoms with Crippen LogP contribution in [0.1, 0.15) is 25.8 Å². The van der Waals surface area contributed by atoms with E-state index in [-0.39, 0.29) is 11.9 Å². The molecule has 2 aliphatic heterocycles. The van der Waals surface area contributed by atoms with Gasteiger partial charge < -0.3 is 10.5 Å². The van der Waals surface area contributed by atoms with Gasteiger partial charge in [-0.3, -0.25) is 9.69 Å². The van der Waals surface area contributed by atoms with Gasteiger partial charge in [-0.25, -0.2) is 9.38 Å². The Morgan fingerprint density at radius 2 is 1.96 bits per heavy atom. The molecular weight excluding hydrogens is 369 g/mol. The molecule has 0 aliphatic carbocycles. The first-order valence-corrected chi connectivity index (χ1v) is 8.93. The van der Waals surface area contributed by atoms with Crippen molar-refractivity contribution in [2.24, 2.45) is 10.7 Å². The third kappa shape index (κ3) is 2.75. The third-order valence-electron chi connectivity index (χ3n) is 5.00. The number of halogens is 2. The van der Waals surface area contributed by atoms with Gasteiger partial charge in [0.15, 0.2) is 11.5 Å². The van der Waals surface area contributed by atoms with Gasteiger partial charge in [-0.15, -0.1) is 0 Å². The van der Waals surface area contributed by atoms with Crippen molar-refractivity contribution in [1.82, 2.24) is 4.90 Å². The Hall–Kier alpha value is -2.60. The molecule has 5 nitrogen and oxygen atoms in total. The summed E-state index contributed by atoms with van der Waals surface area (Å²) in [5, 5.41) is 0.300. The predicted molar refractivity (Wildman–Crippen MR) is 102 cm³/mol. The predicted octanol–water partition coefficient (Wildman–Crippen LogP) is 3.69.